The SMILES string of the molecule is CC(C)=CCC/C(C)=C\C=C\C(=O)O. The maximum absolute atomic E-state index is 10.2. The van der Waals surface area contributed by atoms with Crippen LogP contribution < -0.4 is 0 Å². The molecule has 0 aliphatic heterocycles. The summed E-state index contributed by atoms with van der Waals surface area (Å²) in [5.41, 5.74) is 2.51. The third-order valence-electron chi connectivity index (χ3n) is 1.71. The average Bonchev–Trinajstić information content (AvgIpc) is 2.02. The third kappa shape index (κ3) is 8.78. The van der Waals surface area contributed by atoms with Gasteiger partial charge in [-0.3, -0.25) is 0 Å². The Bertz CT molecular complexity index is 266. The Balaban J connectivity index is 3.90. The lowest BCUT2D eigenvalue weighted by atomic mass is 10.1. The number of carboxylic acids is 1. The van der Waals surface area contributed by atoms with Crippen LogP contribution >= 0.6 is 0 Å². The molecular formula is C12H18O2. The van der Waals surface area contributed by atoms with Gasteiger partial charge in [-0.1, -0.05) is 29.4 Å². The summed E-state index contributed by atoms with van der Waals surface area (Å²) in [4.78, 5) is 10.2. The van der Waals surface area contributed by atoms with Crippen molar-refractivity contribution >= 4 is 5.97 Å². The molecule has 0 spiro atoms. The first-order valence-corrected chi connectivity index (χ1v) is 4.72. The fourth-order valence-electron chi connectivity index (χ4n) is 0.967. The van der Waals surface area contributed by atoms with Gasteiger partial charge in [0.2, 0.25) is 0 Å². The monoisotopic (exact) mass is 194 g/mol. The molecule has 14 heavy (non-hydrogen) atoms. The molecule has 78 valence electrons. The van der Waals surface area contributed by atoms with Gasteiger partial charge < -0.3 is 5.11 Å². The van der Waals surface area contributed by atoms with E-state index in [1.54, 1.807) is 6.08 Å². The van der Waals surface area contributed by atoms with Crippen molar-refractivity contribution in [1.82, 2.24) is 0 Å². The molecule has 0 aromatic carbocycles. The van der Waals surface area contributed by atoms with E-state index < -0.39 is 5.97 Å². The van der Waals surface area contributed by atoms with Gasteiger partial charge in [0, 0.05) is 6.08 Å². The van der Waals surface area contributed by atoms with Gasteiger partial charge >= 0.3 is 5.97 Å². The molecule has 2 nitrogen and oxygen atoms in total. The minimum atomic E-state index is -0.904. The molecule has 0 heterocycles. The van der Waals surface area contributed by atoms with Gasteiger partial charge in [-0.05, 0) is 33.6 Å². The molecule has 0 rings (SSSR count). The maximum atomic E-state index is 10.2. The van der Waals surface area contributed by atoms with E-state index in [4.69, 9.17) is 5.11 Å². The van der Waals surface area contributed by atoms with Crippen LogP contribution in [0.3, 0.4) is 0 Å². The molecule has 0 amide bonds. The van der Waals surface area contributed by atoms with Gasteiger partial charge in [0.05, 0.1) is 0 Å². The van der Waals surface area contributed by atoms with Gasteiger partial charge in [-0.25, -0.2) is 4.79 Å². The Kier molecular flexibility index (Phi) is 6.46. The minimum Gasteiger partial charge on any atom is -0.478 e. The minimum absolute atomic E-state index is 0.904. The summed E-state index contributed by atoms with van der Waals surface area (Å²) >= 11 is 0. The summed E-state index contributed by atoms with van der Waals surface area (Å²) in [5, 5.41) is 8.35. The molecule has 0 saturated heterocycles. The highest BCUT2D eigenvalue weighted by Gasteiger charge is 1.87. The number of hydrogen-bond acceptors (Lipinski definition) is 1. The number of rotatable bonds is 5. The summed E-state index contributed by atoms with van der Waals surface area (Å²) in [7, 11) is 0. The molecule has 0 unspecified atom stereocenters. The fourth-order valence-corrected chi connectivity index (χ4v) is 0.967. The molecule has 0 aromatic heterocycles. The fraction of sp³-hybridized carbons (Fsp3) is 0.417. The van der Waals surface area contributed by atoms with Crippen molar-refractivity contribution in [3.8, 4) is 0 Å². The van der Waals surface area contributed by atoms with Crippen molar-refractivity contribution in [2.24, 2.45) is 0 Å². The normalized spacial score (nSPS) is 11.8. The molecule has 2 heteroatoms. The van der Waals surface area contributed by atoms with E-state index in [2.05, 4.69) is 19.9 Å². The van der Waals surface area contributed by atoms with Crippen LogP contribution in [0.1, 0.15) is 33.6 Å². The van der Waals surface area contributed by atoms with E-state index in [1.807, 2.05) is 13.0 Å². The first-order chi connectivity index (χ1) is 6.52. The first kappa shape index (κ1) is 12.7. The van der Waals surface area contributed by atoms with Gasteiger partial charge in [0.1, 0.15) is 0 Å². The highest BCUT2D eigenvalue weighted by atomic mass is 16.4. The van der Waals surface area contributed by atoms with Crippen LogP contribution in [-0.4, -0.2) is 11.1 Å². The zero-order chi connectivity index (χ0) is 11.0. The highest BCUT2D eigenvalue weighted by molar-refractivity contribution is 5.80. The van der Waals surface area contributed by atoms with E-state index in [9.17, 15) is 4.79 Å². The molecule has 0 saturated carbocycles. The molecular weight excluding hydrogens is 176 g/mol. The molecule has 1 N–H and O–H groups in total. The molecule has 0 aromatic rings. The Morgan fingerprint density at radius 3 is 2.43 bits per heavy atom. The summed E-state index contributed by atoms with van der Waals surface area (Å²) in [5.74, 6) is -0.904. The van der Waals surface area contributed by atoms with E-state index in [0.29, 0.717) is 0 Å². The van der Waals surface area contributed by atoms with Crippen LogP contribution in [0.4, 0.5) is 0 Å². The lowest BCUT2D eigenvalue weighted by molar-refractivity contribution is -0.131. The lowest BCUT2D eigenvalue weighted by Crippen LogP contribution is -1.84. The lowest BCUT2D eigenvalue weighted by Gasteiger charge is -1.96. The maximum Gasteiger partial charge on any atom is 0.328 e. The van der Waals surface area contributed by atoms with E-state index in [0.717, 1.165) is 18.9 Å². The summed E-state index contributed by atoms with van der Waals surface area (Å²) in [6.45, 7) is 6.15. The smallest absolute Gasteiger partial charge is 0.328 e. The number of aliphatic carboxylic acids is 1. The van der Waals surface area contributed by atoms with Crippen LogP contribution in [0.15, 0.2) is 35.5 Å². The Morgan fingerprint density at radius 1 is 1.29 bits per heavy atom. The topological polar surface area (TPSA) is 37.3 Å². The van der Waals surface area contributed by atoms with Gasteiger partial charge in [-0.15, -0.1) is 0 Å². The van der Waals surface area contributed by atoms with Crippen molar-refractivity contribution in [2.75, 3.05) is 0 Å². The standard InChI is InChI=1S/C12H18O2/c1-10(2)6-4-7-11(3)8-5-9-12(13)14/h5-6,8-9H,4,7H2,1-3H3,(H,13,14)/b9-5+,11-8-. The third-order valence-corrected chi connectivity index (χ3v) is 1.71. The molecule has 0 bridgehead atoms. The van der Waals surface area contributed by atoms with Crippen LogP contribution in [0, 0.1) is 0 Å². The summed E-state index contributed by atoms with van der Waals surface area (Å²) < 4.78 is 0. The predicted octanol–water partition coefficient (Wildman–Crippen LogP) is 3.32. The van der Waals surface area contributed by atoms with Gasteiger partial charge in [0.25, 0.3) is 0 Å². The Morgan fingerprint density at radius 2 is 1.93 bits per heavy atom. The molecule has 0 aliphatic carbocycles. The van der Waals surface area contributed by atoms with Gasteiger partial charge in [0.15, 0.2) is 0 Å². The highest BCUT2D eigenvalue weighted by Crippen LogP contribution is 2.06. The summed E-state index contributed by atoms with van der Waals surface area (Å²) in [6.07, 6.45) is 8.73. The summed E-state index contributed by atoms with van der Waals surface area (Å²) in [6, 6.07) is 0. The average molecular weight is 194 g/mol. The second-order valence-corrected chi connectivity index (χ2v) is 3.53. The zero-order valence-electron chi connectivity index (χ0n) is 9.08. The quantitative estimate of drug-likeness (QED) is 0.414. The second kappa shape index (κ2) is 7.13. The molecule has 0 aliphatic rings. The van der Waals surface area contributed by atoms with Gasteiger partial charge in [-0.2, -0.15) is 0 Å². The second-order valence-electron chi connectivity index (χ2n) is 3.53. The van der Waals surface area contributed by atoms with Crippen LogP contribution in [-0.2, 0) is 4.79 Å². The number of carboxylic acid groups (broad SMARTS) is 1. The number of carbonyl (C=O) groups is 1. The van der Waals surface area contributed by atoms with Crippen molar-refractivity contribution < 1.29 is 9.90 Å². The van der Waals surface area contributed by atoms with Crippen molar-refractivity contribution in [1.29, 1.82) is 0 Å². The van der Waals surface area contributed by atoms with Crippen LogP contribution in [0.2, 0.25) is 0 Å². The van der Waals surface area contributed by atoms with Crippen molar-refractivity contribution in [3.05, 3.63) is 35.5 Å². The Hall–Kier alpha value is -1.31. The van der Waals surface area contributed by atoms with E-state index >= 15 is 0 Å². The molecule has 0 radical (unpaired) electrons. The predicted molar refractivity (Wildman–Crippen MR) is 59.2 cm³/mol. The Labute approximate surface area is 85.6 Å². The first-order valence-electron chi connectivity index (χ1n) is 4.72. The zero-order valence-corrected chi connectivity index (χ0v) is 9.08. The molecule has 0 fully saturated rings. The van der Waals surface area contributed by atoms with Crippen LogP contribution in [0.5, 0.6) is 0 Å². The van der Waals surface area contributed by atoms with E-state index in [1.165, 1.54) is 11.1 Å². The van der Waals surface area contributed by atoms with Crippen LogP contribution in [0.25, 0.3) is 0 Å². The van der Waals surface area contributed by atoms with E-state index in [-0.39, 0.29) is 0 Å². The largest absolute Gasteiger partial charge is 0.478 e. The molecule has 0 atom stereocenters. The van der Waals surface area contributed by atoms with Crippen molar-refractivity contribution in [3.63, 3.8) is 0 Å². The number of hydrogen-bond donors (Lipinski definition) is 1. The van der Waals surface area contributed by atoms with Crippen molar-refractivity contribution in [2.45, 2.75) is 33.6 Å². The number of allylic oxidation sites excluding steroid dienone is 5.